The molecule has 0 aromatic carbocycles. The van der Waals surface area contributed by atoms with Crippen LogP contribution >= 0.6 is 23.2 Å². The predicted molar refractivity (Wildman–Crippen MR) is 49.6 cm³/mol. The predicted octanol–water partition coefficient (Wildman–Crippen LogP) is 2.24. The van der Waals surface area contributed by atoms with Gasteiger partial charge in [-0.05, 0) is 48.4 Å². The van der Waals surface area contributed by atoms with Gasteiger partial charge in [-0.3, -0.25) is 9.59 Å². The smallest absolute Gasteiger partial charge is 0.249 e. The van der Waals surface area contributed by atoms with E-state index >= 15 is 0 Å². The summed E-state index contributed by atoms with van der Waals surface area (Å²) in [6.07, 6.45) is 4.08. The van der Waals surface area contributed by atoms with E-state index in [0.717, 1.165) is 6.42 Å². The maximum atomic E-state index is 11.3. The number of hydrogen-bond acceptors (Lipinski definition) is 2. The van der Waals surface area contributed by atoms with E-state index in [1.165, 1.54) is 0 Å². The molecule has 1 fully saturated rings. The molecule has 0 spiro atoms. The molecular weight excluding hydrogens is 211 g/mol. The van der Waals surface area contributed by atoms with Crippen molar-refractivity contribution in [3.63, 3.8) is 0 Å². The van der Waals surface area contributed by atoms with Crippen LogP contribution < -0.4 is 0 Å². The maximum absolute atomic E-state index is 11.3. The summed E-state index contributed by atoms with van der Waals surface area (Å²) in [6.45, 7) is 0. The van der Waals surface area contributed by atoms with Crippen molar-refractivity contribution in [2.24, 2.45) is 11.3 Å². The van der Waals surface area contributed by atoms with Crippen molar-refractivity contribution in [1.29, 1.82) is 0 Å². The zero-order valence-electron chi connectivity index (χ0n) is 6.85. The van der Waals surface area contributed by atoms with Crippen molar-refractivity contribution in [3.8, 4) is 0 Å². The SMILES string of the molecule is O=C(Cl)C1=CC2CCC1(C(=O)Cl)C2. The molecule has 0 heterocycles. The summed E-state index contributed by atoms with van der Waals surface area (Å²) in [7, 11) is 0. The van der Waals surface area contributed by atoms with E-state index in [1.807, 2.05) is 0 Å². The number of rotatable bonds is 2. The van der Waals surface area contributed by atoms with Gasteiger partial charge in [0.1, 0.15) is 0 Å². The van der Waals surface area contributed by atoms with Gasteiger partial charge >= 0.3 is 0 Å². The Kier molecular flexibility index (Phi) is 2.00. The molecule has 2 atom stereocenters. The minimum absolute atomic E-state index is 0.320. The number of carbonyl (C=O) groups is 2. The number of allylic oxidation sites excluding steroid dienone is 2. The highest BCUT2D eigenvalue weighted by Gasteiger charge is 2.53. The Morgan fingerprint density at radius 3 is 2.54 bits per heavy atom. The van der Waals surface area contributed by atoms with Gasteiger partial charge in [0, 0.05) is 5.57 Å². The summed E-state index contributed by atoms with van der Waals surface area (Å²) in [5.74, 6) is 0.320. The summed E-state index contributed by atoms with van der Waals surface area (Å²) in [6, 6.07) is 0. The monoisotopic (exact) mass is 218 g/mol. The Morgan fingerprint density at radius 1 is 1.46 bits per heavy atom. The van der Waals surface area contributed by atoms with Crippen LogP contribution in [0.5, 0.6) is 0 Å². The van der Waals surface area contributed by atoms with Crippen LogP contribution in [0.3, 0.4) is 0 Å². The Balaban J connectivity index is 2.44. The molecule has 4 heteroatoms. The highest BCUT2D eigenvalue weighted by Crippen LogP contribution is 2.55. The molecule has 0 aromatic heterocycles. The normalized spacial score (nSPS) is 36.2. The van der Waals surface area contributed by atoms with Crippen LogP contribution in [0.2, 0.25) is 0 Å². The van der Waals surface area contributed by atoms with E-state index in [-0.39, 0.29) is 0 Å². The third kappa shape index (κ3) is 1.16. The fraction of sp³-hybridized carbons (Fsp3) is 0.556. The summed E-state index contributed by atoms with van der Waals surface area (Å²) >= 11 is 10.9. The second kappa shape index (κ2) is 2.82. The molecule has 2 bridgehead atoms. The van der Waals surface area contributed by atoms with Gasteiger partial charge in [-0.2, -0.15) is 0 Å². The van der Waals surface area contributed by atoms with E-state index in [1.54, 1.807) is 6.08 Å². The summed E-state index contributed by atoms with van der Waals surface area (Å²) in [5.41, 5.74) is -0.323. The van der Waals surface area contributed by atoms with Crippen LogP contribution in [0, 0.1) is 11.3 Å². The van der Waals surface area contributed by atoms with Gasteiger partial charge < -0.3 is 0 Å². The van der Waals surface area contributed by atoms with Crippen LogP contribution in [0.1, 0.15) is 19.3 Å². The van der Waals surface area contributed by atoms with Crippen LogP contribution in [0.4, 0.5) is 0 Å². The lowest BCUT2D eigenvalue weighted by molar-refractivity contribution is -0.120. The van der Waals surface area contributed by atoms with Gasteiger partial charge in [0.25, 0.3) is 0 Å². The number of carbonyl (C=O) groups excluding carboxylic acids is 2. The molecule has 70 valence electrons. The van der Waals surface area contributed by atoms with Crippen LogP contribution in [-0.2, 0) is 9.59 Å². The molecule has 0 amide bonds. The molecule has 0 aromatic rings. The number of fused-ring (bicyclic) bond motifs is 2. The molecule has 1 saturated carbocycles. The Morgan fingerprint density at radius 2 is 2.15 bits per heavy atom. The van der Waals surface area contributed by atoms with Gasteiger partial charge in [-0.1, -0.05) is 6.08 Å². The average molecular weight is 219 g/mol. The minimum Gasteiger partial charge on any atom is -0.280 e. The molecular formula is C9H8Cl2O2. The van der Waals surface area contributed by atoms with Gasteiger partial charge in [-0.15, -0.1) is 0 Å². The van der Waals surface area contributed by atoms with Crippen molar-refractivity contribution < 1.29 is 9.59 Å². The van der Waals surface area contributed by atoms with Gasteiger partial charge in [0.15, 0.2) is 0 Å². The Labute approximate surface area is 85.9 Å². The maximum Gasteiger partial charge on any atom is 0.249 e. The minimum atomic E-state index is -0.745. The summed E-state index contributed by atoms with van der Waals surface area (Å²) < 4.78 is 0. The second-order valence-electron chi connectivity index (χ2n) is 3.71. The molecule has 0 aliphatic heterocycles. The van der Waals surface area contributed by atoms with Crippen molar-refractivity contribution in [1.82, 2.24) is 0 Å². The number of halogens is 2. The molecule has 0 saturated heterocycles. The van der Waals surface area contributed by atoms with Crippen molar-refractivity contribution in [2.45, 2.75) is 19.3 Å². The Bertz CT molecular complexity index is 322. The fourth-order valence-electron chi connectivity index (χ4n) is 2.40. The molecule has 0 N–H and O–H groups in total. The fourth-order valence-corrected chi connectivity index (χ4v) is 2.92. The van der Waals surface area contributed by atoms with Gasteiger partial charge in [0.05, 0.1) is 5.41 Å². The first-order valence-electron chi connectivity index (χ1n) is 4.18. The molecule has 0 radical (unpaired) electrons. The lowest BCUT2D eigenvalue weighted by Crippen LogP contribution is -2.27. The van der Waals surface area contributed by atoms with Crippen molar-refractivity contribution >= 4 is 33.7 Å². The van der Waals surface area contributed by atoms with E-state index in [9.17, 15) is 9.59 Å². The standard InChI is InChI=1S/C9H8Cl2O2/c10-7(12)6-3-5-1-2-9(6,4-5)8(11)13/h3,5H,1-2,4H2. The van der Waals surface area contributed by atoms with Gasteiger partial charge in [-0.25, -0.2) is 0 Å². The molecule has 2 unspecified atom stereocenters. The van der Waals surface area contributed by atoms with Crippen molar-refractivity contribution in [3.05, 3.63) is 11.6 Å². The second-order valence-corrected chi connectivity index (χ2v) is 4.40. The quantitative estimate of drug-likeness (QED) is 0.667. The van der Waals surface area contributed by atoms with E-state index in [4.69, 9.17) is 23.2 Å². The van der Waals surface area contributed by atoms with Gasteiger partial charge in [0.2, 0.25) is 10.5 Å². The van der Waals surface area contributed by atoms with Crippen LogP contribution in [-0.4, -0.2) is 10.5 Å². The zero-order chi connectivity index (χ0) is 9.64. The van der Waals surface area contributed by atoms with Crippen LogP contribution in [0.15, 0.2) is 11.6 Å². The molecule has 2 nitrogen and oxygen atoms in total. The third-order valence-electron chi connectivity index (χ3n) is 3.06. The van der Waals surface area contributed by atoms with E-state index < -0.39 is 15.9 Å². The zero-order valence-corrected chi connectivity index (χ0v) is 8.36. The summed E-state index contributed by atoms with van der Waals surface area (Å²) in [5, 5.41) is -0.969. The van der Waals surface area contributed by atoms with Crippen LogP contribution in [0.25, 0.3) is 0 Å². The molecule has 2 aliphatic rings. The first-order valence-corrected chi connectivity index (χ1v) is 4.94. The highest BCUT2D eigenvalue weighted by atomic mass is 35.5. The topological polar surface area (TPSA) is 34.1 Å². The number of hydrogen-bond donors (Lipinski definition) is 0. The molecule has 2 aliphatic carbocycles. The van der Waals surface area contributed by atoms with E-state index in [2.05, 4.69) is 0 Å². The Hall–Kier alpha value is -0.340. The molecule has 13 heavy (non-hydrogen) atoms. The van der Waals surface area contributed by atoms with E-state index in [0.29, 0.717) is 24.3 Å². The summed E-state index contributed by atoms with van der Waals surface area (Å²) in [4.78, 5) is 22.3. The van der Waals surface area contributed by atoms with Crippen molar-refractivity contribution in [2.75, 3.05) is 0 Å². The lowest BCUT2D eigenvalue weighted by Gasteiger charge is -2.22. The average Bonchev–Trinajstić information content (AvgIpc) is 2.60. The lowest BCUT2D eigenvalue weighted by atomic mass is 9.82. The first kappa shape index (κ1) is 9.22. The molecule has 2 rings (SSSR count). The largest absolute Gasteiger partial charge is 0.280 e. The first-order chi connectivity index (χ1) is 6.06. The highest BCUT2D eigenvalue weighted by molar-refractivity contribution is 6.70. The third-order valence-corrected chi connectivity index (χ3v) is 3.62.